The van der Waals surface area contributed by atoms with Gasteiger partial charge < -0.3 is 20.3 Å². The van der Waals surface area contributed by atoms with Gasteiger partial charge in [0, 0.05) is 0 Å². The third kappa shape index (κ3) is 6.46. The van der Waals surface area contributed by atoms with Crippen LogP contribution in [-0.4, -0.2) is 22.2 Å². The number of hydrogen-bond donors (Lipinski definition) is 3. The highest BCUT2D eigenvalue weighted by Crippen LogP contribution is 2.40. The van der Waals surface area contributed by atoms with Crippen molar-refractivity contribution in [3.05, 3.63) is 65.7 Å². The van der Waals surface area contributed by atoms with Crippen LogP contribution in [0.5, 0.6) is 5.75 Å². The van der Waals surface area contributed by atoms with E-state index in [1.807, 2.05) is 42.5 Å². The number of unbranched alkanes of at least 4 members (excludes halogenated alkanes) is 1. The van der Waals surface area contributed by atoms with E-state index in [-0.39, 0.29) is 0 Å². The van der Waals surface area contributed by atoms with E-state index in [4.69, 9.17) is 20.3 Å². The van der Waals surface area contributed by atoms with Crippen LogP contribution < -0.4 is 10.5 Å². The van der Waals surface area contributed by atoms with Crippen LogP contribution in [0.15, 0.2) is 54.6 Å². The summed E-state index contributed by atoms with van der Waals surface area (Å²) in [5.41, 5.74) is 7.91. The minimum absolute atomic E-state index is 0.295. The summed E-state index contributed by atoms with van der Waals surface area (Å²) in [6, 6.07) is 18.3. The maximum Gasteiger partial charge on any atom is 0.342 e. The van der Waals surface area contributed by atoms with Crippen LogP contribution in [0.1, 0.15) is 30.4 Å². The topological polar surface area (TPSA) is 92.8 Å². The SMILES string of the molecule is N[C@H](CCCCOc1ccc(Cc2ccccc2)cc1)P(=O)(O)O. The molecular formula is C18H24NO4P. The van der Waals surface area contributed by atoms with Crippen molar-refractivity contribution in [1.82, 2.24) is 0 Å². The van der Waals surface area contributed by atoms with Gasteiger partial charge in [-0.15, -0.1) is 0 Å². The maximum atomic E-state index is 10.9. The molecule has 0 bridgehead atoms. The fourth-order valence-corrected chi connectivity index (χ4v) is 2.87. The molecule has 0 unspecified atom stereocenters. The molecule has 2 rings (SSSR count). The largest absolute Gasteiger partial charge is 0.494 e. The molecule has 0 heterocycles. The molecule has 0 spiro atoms. The smallest absolute Gasteiger partial charge is 0.342 e. The van der Waals surface area contributed by atoms with E-state index in [0.717, 1.165) is 12.2 Å². The third-order valence-corrected chi connectivity index (χ3v) is 4.89. The van der Waals surface area contributed by atoms with E-state index >= 15 is 0 Å². The van der Waals surface area contributed by atoms with Crippen LogP contribution in [0.4, 0.5) is 0 Å². The van der Waals surface area contributed by atoms with Gasteiger partial charge in [0.2, 0.25) is 0 Å². The molecule has 0 saturated heterocycles. The van der Waals surface area contributed by atoms with Crippen LogP contribution in [-0.2, 0) is 11.0 Å². The highest BCUT2D eigenvalue weighted by Gasteiger charge is 2.23. The molecule has 0 aromatic heterocycles. The Balaban J connectivity index is 1.70. The first-order chi connectivity index (χ1) is 11.4. The second-order valence-electron chi connectivity index (χ2n) is 5.81. The molecule has 4 N–H and O–H groups in total. The van der Waals surface area contributed by atoms with Crippen molar-refractivity contribution >= 4 is 7.60 Å². The van der Waals surface area contributed by atoms with E-state index < -0.39 is 13.4 Å². The number of benzene rings is 2. The molecule has 0 aliphatic rings. The third-order valence-electron chi connectivity index (χ3n) is 3.77. The average Bonchev–Trinajstić information content (AvgIpc) is 2.56. The van der Waals surface area contributed by atoms with Gasteiger partial charge in [-0.2, -0.15) is 0 Å². The molecular weight excluding hydrogens is 325 g/mol. The molecule has 2 aromatic carbocycles. The molecule has 0 aliphatic carbocycles. The summed E-state index contributed by atoms with van der Waals surface area (Å²) in [5, 5.41) is 0. The Bertz CT molecular complexity index is 654. The quantitative estimate of drug-likeness (QED) is 0.477. The summed E-state index contributed by atoms with van der Waals surface area (Å²) in [7, 11) is -4.16. The summed E-state index contributed by atoms with van der Waals surface area (Å²) in [6.07, 6.45) is 2.52. The Morgan fingerprint density at radius 3 is 2.21 bits per heavy atom. The summed E-state index contributed by atoms with van der Waals surface area (Å²) >= 11 is 0. The lowest BCUT2D eigenvalue weighted by Gasteiger charge is -2.13. The monoisotopic (exact) mass is 349 g/mol. The molecule has 130 valence electrons. The molecule has 0 saturated carbocycles. The Hall–Kier alpha value is -1.65. The number of rotatable bonds is 9. The van der Waals surface area contributed by atoms with Gasteiger partial charge in [0.1, 0.15) is 11.5 Å². The molecule has 0 amide bonds. The van der Waals surface area contributed by atoms with Crippen molar-refractivity contribution in [3.63, 3.8) is 0 Å². The number of ether oxygens (including phenoxy) is 1. The van der Waals surface area contributed by atoms with E-state index in [2.05, 4.69) is 12.1 Å². The van der Waals surface area contributed by atoms with Crippen LogP contribution in [0.25, 0.3) is 0 Å². The van der Waals surface area contributed by atoms with Crippen molar-refractivity contribution in [2.45, 2.75) is 31.5 Å². The van der Waals surface area contributed by atoms with Gasteiger partial charge in [-0.1, -0.05) is 42.5 Å². The highest BCUT2D eigenvalue weighted by molar-refractivity contribution is 7.52. The van der Waals surface area contributed by atoms with E-state index in [1.54, 1.807) is 0 Å². The molecule has 6 heteroatoms. The standard InChI is InChI=1S/C18H24NO4P/c19-18(24(20,21)22)8-4-5-13-23-17-11-9-16(10-12-17)14-15-6-2-1-3-7-15/h1-3,6-7,9-12,18H,4-5,8,13-14,19H2,(H2,20,21,22)/t18-/m0/s1. The first-order valence-electron chi connectivity index (χ1n) is 8.01. The van der Waals surface area contributed by atoms with Crippen LogP contribution in [0.2, 0.25) is 0 Å². The molecule has 1 atom stereocenters. The first-order valence-corrected chi connectivity index (χ1v) is 9.70. The zero-order valence-electron chi connectivity index (χ0n) is 13.5. The van der Waals surface area contributed by atoms with Gasteiger partial charge in [-0.3, -0.25) is 4.57 Å². The second-order valence-corrected chi connectivity index (χ2v) is 7.65. The van der Waals surface area contributed by atoms with Crippen molar-refractivity contribution in [3.8, 4) is 5.75 Å². The fourth-order valence-electron chi connectivity index (χ4n) is 2.35. The van der Waals surface area contributed by atoms with Gasteiger partial charge in [0.25, 0.3) is 0 Å². The lowest BCUT2D eigenvalue weighted by molar-refractivity contribution is 0.301. The van der Waals surface area contributed by atoms with Crippen molar-refractivity contribution in [2.75, 3.05) is 6.61 Å². The maximum absolute atomic E-state index is 10.9. The molecule has 24 heavy (non-hydrogen) atoms. The highest BCUT2D eigenvalue weighted by atomic mass is 31.2. The zero-order valence-corrected chi connectivity index (χ0v) is 14.4. The Morgan fingerprint density at radius 1 is 0.958 bits per heavy atom. The first kappa shape index (κ1) is 18.7. The lowest BCUT2D eigenvalue weighted by atomic mass is 10.1. The van der Waals surface area contributed by atoms with E-state index in [0.29, 0.717) is 25.9 Å². The molecule has 0 radical (unpaired) electrons. The predicted molar refractivity (Wildman–Crippen MR) is 95.1 cm³/mol. The van der Waals surface area contributed by atoms with Crippen molar-refractivity contribution in [2.24, 2.45) is 5.73 Å². The minimum Gasteiger partial charge on any atom is -0.494 e. The van der Waals surface area contributed by atoms with Gasteiger partial charge >= 0.3 is 7.60 Å². The number of nitrogens with two attached hydrogens (primary N) is 1. The Kier molecular flexibility index (Phi) is 7.00. The zero-order chi connectivity index (χ0) is 17.4. The Labute approximate surface area is 142 Å². The lowest BCUT2D eigenvalue weighted by Crippen LogP contribution is -2.19. The van der Waals surface area contributed by atoms with E-state index in [9.17, 15) is 4.57 Å². The normalized spacial score (nSPS) is 12.8. The van der Waals surface area contributed by atoms with Gasteiger partial charge in [-0.25, -0.2) is 0 Å². The molecule has 5 nitrogen and oxygen atoms in total. The summed E-state index contributed by atoms with van der Waals surface area (Å²) in [5.74, 6) is -0.277. The predicted octanol–water partition coefficient (Wildman–Crippen LogP) is 3.29. The molecule has 2 aromatic rings. The van der Waals surface area contributed by atoms with Crippen LogP contribution >= 0.6 is 7.60 Å². The molecule has 0 aliphatic heterocycles. The van der Waals surface area contributed by atoms with E-state index in [1.165, 1.54) is 11.1 Å². The van der Waals surface area contributed by atoms with Gasteiger partial charge in [0.05, 0.1) is 6.61 Å². The fraction of sp³-hybridized carbons (Fsp3) is 0.333. The summed E-state index contributed by atoms with van der Waals surface area (Å²) < 4.78 is 16.6. The number of hydrogen-bond acceptors (Lipinski definition) is 3. The summed E-state index contributed by atoms with van der Waals surface area (Å²) in [6.45, 7) is 0.506. The van der Waals surface area contributed by atoms with Gasteiger partial charge in [-0.05, 0) is 48.9 Å². The minimum atomic E-state index is -4.16. The van der Waals surface area contributed by atoms with Gasteiger partial charge in [0.15, 0.2) is 0 Å². The Morgan fingerprint density at radius 2 is 1.58 bits per heavy atom. The van der Waals surface area contributed by atoms with Crippen molar-refractivity contribution < 1.29 is 19.1 Å². The average molecular weight is 349 g/mol. The second kappa shape index (κ2) is 9.00. The van der Waals surface area contributed by atoms with Crippen LogP contribution in [0, 0.1) is 0 Å². The molecule has 0 fully saturated rings. The summed E-state index contributed by atoms with van der Waals surface area (Å²) in [4.78, 5) is 17.8. The van der Waals surface area contributed by atoms with Crippen LogP contribution in [0.3, 0.4) is 0 Å². The van der Waals surface area contributed by atoms with Crippen molar-refractivity contribution in [1.29, 1.82) is 0 Å².